The fourth-order valence-electron chi connectivity index (χ4n) is 3.15. The molecule has 2 heteroatoms. The summed E-state index contributed by atoms with van der Waals surface area (Å²) in [6.45, 7) is 0.571. The first-order chi connectivity index (χ1) is 6.81. The normalized spacial score (nSPS) is 35.1. The van der Waals surface area contributed by atoms with E-state index in [1.165, 1.54) is 18.4 Å². The Morgan fingerprint density at radius 3 is 2.93 bits per heavy atom. The smallest absolute Gasteiger partial charge is 0.0384 e. The average Bonchev–Trinajstić information content (AvgIpc) is 2.87. The van der Waals surface area contributed by atoms with Crippen LogP contribution in [0.5, 0.6) is 0 Å². The van der Waals surface area contributed by atoms with Gasteiger partial charge in [0.05, 0.1) is 0 Å². The molecule has 1 fully saturated rings. The number of allylic oxidation sites excluding steroid dienone is 5. The van der Waals surface area contributed by atoms with Crippen LogP contribution in [-0.4, -0.2) is 12.6 Å². The summed E-state index contributed by atoms with van der Waals surface area (Å²) in [5, 5.41) is 0. The molecule has 0 saturated heterocycles. The Bertz CT molecular complexity index is 363. The van der Waals surface area contributed by atoms with Gasteiger partial charge in [0.2, 0.25) is 0 Å². The van der Waals surface area contributed by atoms with E-state index in [1.54, 1.807) is 11.1 Å². The van der Waals surface area contributed by atoms with Crippen LogP contribution < -0.4 is 11.5 Å². The third-order valence-electron chi connectivity index (χ3n) is 3.85. The first-order valence-corrected chi connectivity index (χ1v) is 5.36. The van der Waals surface area contributed by atoms with Crippen molar-refractivity contribution in [3.05, 3.63) is 34.9 Å². The van der Waals surface area contributed by atoms with Crippen molar-refractivity contribution in [2.75, 3.05) is 6.54 Å². The van der Waals surface area contributed by atoms with Crippen molar-refractivity contribution in [2.24, 2.45) is 23.3 Å². The van der Waals surface area contributed by atoms with E-state index >= 15 is 0 Å². The molecule has 3 unspecified atom stereocenters. The summed E-state index contributed by atoms with van der Waals surface area (Å²) in [4.78, 5) is 0. The summed E-state index contributed by atoms with van der Waals surface area (Å²) in [7, 11) is 0. The molecule has 3 atom stereocenters. The van der Waals surface area contributed by atoms with Crippen molar-refractivity contribution in [1.29, 1.82) is 0 Å². The van der Waals surface area contributed by atoms with E-state index in [1.807, 2.05) is 0 Å². The zero-order chi connectivity index (χ0) is 9.71. The summed E-state index contributed by atoms with van der Waals surface area (Å²) in [6, 6.07) is 0.0749. The minimum Gasteiger partial charge on any atom is -0.329 e. The molecule has 2 nitrogen and oxygen atoms in total. The predicted molar refractivity (Wildman–Crippen MR) is 57.5 cm³/mol. The average molecular weight is 188 g/mol. The molecule has 0 spiro atoms. The van der Waals surface area contributed by atoms with E-state index in [0.29, 0.717) is 12.5 Å². The van der Waals surface area contributed by atoms with E-state index in [4.69, 9.17) is 11.5 Å². The Morgan fingerprint density at radius 1 is 1.36 bits per heavy atom. The Kier molecular flexibility index (Phi) is 1.70. The Balaban J connectivity index is 1.92. The van der Waals surface area contributed by atoms with Crippen LogP contribution in [-0.2, 0) is 0 Å². The van der Waals surface area contributed by atoms with Gasteiger partial charge < -0.3 is 11.5 Å². The SMILES string of the molecule is NCC(N)C1=CCC2C3=CC=C(C3)C12. The van der Waals surface area contributed by atoms with E-state index in [0.717, 1.165) is 5.92 Å². The van der Waals surface area contributed by atoms with Gasteiger partial charge in [-0.25, -0.2) is 0 Å². The highest BCUT2D eigenvalue weighted by molar-refractivity contribution is 5.49. The van der Waals surface area contributed by atoms with Crippen LogP contribution in [0.2, 0.25) is 0 Å². The van der Waals surface area contributed by atoms with Gasteiger partial charge in [-0.05, 0) is 24.3 Å². The molecule has 3 rings (SSSR count). The molecule has 3 aliphatic rings. The van der Waals surface area contributed by atoms with Gasteiger partial charge in [-0.2, -0.15) is 0 Å². The summed E-state index contributed by atoms with van der Waals surface area (Å²) in [5.41, 5.74) is 16.2. The van der Waals surface area contributed by atoms with Gasteiger partial charge in [0.25, 0.3) is 0 Å². The molecule has 0 heterocycles. The molecule has 0 aromatic heterocycles. The molecule has 0 radical (unpaired) electrons. The number of hydrogen-bond acceptors (Lipinski definition) is 2. The van der Waals surface area contributed by atoms with Gasteiger partial charge in [-0.1, -0.05) is 29.4 Å². The second-order valence-corrected chi connectivity index (χ2v) is 4.53. The largest absolute Gasteiger partial charge is 0.329 e. The fourth-order valence-corrected chi connectivity index (χ4v) is 3.15. The van der Waals surface area contributed by atoms with Crippen LogP contribution in [0.3, 0.4) is 0 Å². The van der Waals surface area contributed by atoms with Crippen molar-refractivity contribution < 1.29 is 0 Å². The molecule has 0 amide bonds. The van der Waals surface area contributed by atoms with Crippen LogP contribution in [0.25, 0.3) is 0 Å². The van der Waals surface area contributed by atoms with Gasteiger partial charge in [0.15, 0.2) is 0 Å². The lowest BCUT2D eigenvalue weighted by Gasteiger charge is -2.22. The van der Waals surface area contributed by atoms with Crippen LogP contribution in [0, 0.1) is 11.8 Å². The van der Waals surface area contributed by atoms with E-state index in [9.17, 15) is 0 Å². The van der Waals surface area contributed by atoms with Crippen molar-refractivity contribution in [3.8, 4) is 0 Å². The van der Waals surface area contributed by atoms with E-state index < -0.39 is 0 Å². The maximum absolute atomic E-state index is 6.03. The quantitative estimate of drug-likeness (QED) is 0.638. The van der Waals surface area contributed by atoms with Crippen molar-refractivity contribution in [3.63, 3.8) is 0 Å². The van der Waals surface area contributed by atoms with Gasteiger partial charge >= 0.3 is 0 Å². The molecular formula is C12H16N2. The Morgan fingerprint density at radius 2 is 2.14 bits per heavy atom. The molecule has 4 N–H and O–H groups in total. The lowest BCUT2D eigenvalue weighted by molar-refractivity contribution is 0.548. The summed E-state index contributed by atoms with van der Waals surface area (Å²) in [5.74, 6) is 1.36. The lowest BCUT2D eigenvalue weighted by Crippen LogP contribution is -2.34. The summed E-state index contributed by atoms with van der Waals surface area (Å²) >= 11 is 0. The standard InChI is InChI=1S/C12H16N2/c13-6-11(14)10-4-3-9-7-1-2-8(5-7)12(9)10/h1-2,4,9,11-12H,3,5-6,13-14H2. The highest BCUT2D eigenvalue weighted by atomic mass is 14.7. The highest BCUT2D eigenvalue weighted by Gasteiger charge is 2.43. The predicted octanol–water partition coefficient (Wildman–Crippen LogP) is 1.10. The first-order valence-electron chi connectivity index (χ1n) is 5.36. The van der Waals surface area contributed by atoms with Crippen LogP contribution in [0.15, 0.2) is 34.9 Å². The van der Waals surface area contributed by atoms with Crippen LogP contribution >= 0.6 is 0 Å². The monoisotopic (exact) mass is 188 g/mol. The van der Waals surface area contributed by atoms with Crippen LogP contribution in [0.4, 0.5) is 0 Å². The molecule has 0 aromatic rings. The Labute approximate surface area is 84.3 Å². The number of rotatable bonds is 2. The molecule has 1 saturated carbocycles. The van der Waals surface area contributed by atoms with E-state index in [-0.39, 0.29) is 6.04 Å². The second kappa shape index (κ2) is 2.81. The summed E-state index contributed by atoms with van der Waals surface area (Å²) in [6.07, 6.45) is 9.26. The molecular weight excluding hydrogens is 172 g/mol. The van der Waals surface area contributed by atoms with Gasteiger partial charge in [-0.15, -0.1) is 0 Å². The number of fused-ring (bicyclic) bond motifs is 5. The first kappa shape index (κ1) is 8.45. The molecule has 3 aliphatic carbocycles. The van der Waals surface area contributed by atoms with Crippen molar-refractivity contribution in [1.82, 2.24) is 0 Å². The molecule has 14 heavy (non-hydrogen) atoms. The number of hydrogen-bond donors (Lipinski definition) is 2. The van der Waals surface area contributed by atoms with Gasteiger partial charge in [0.1, 0.15) is 0 Å². The zero-order valence-electron chi connectivity index (χ0n) is 8.24. The van der Waals surface area contributed by atoms with Gasteiger partial charge in [-0.3, -0.25) is 0 Å². The lowest BCUT2D eigenvalue weighted by atomic mass is 9.85. The number of nitrogens with two attached hydrogens (primary N) is 2. The minimum atomic E-state index is 0.0749. The topological polar surface area (TPSA) is 52.0 Å². The van der Waals surface area contributed by atoms with Crippen LogP contribution in [0.1, 0.15) is 12.8 Å². The minimum absolute atomic E-state index is 0.0749. The fraction of sp³-hybridized carbons (Fsp3) is 0.500. The third-order valence-corrected chi connectivity index (χ3v) is 3.85. The maximum Gasteiger partial charge on any atom is 0.0384 e. The third kappa shape index (κ3) is 0.928. The van der Waals surface area contributed by atoms with E-state index in [2.05, 4.69) is 18.2 Å². The maximum atomic E-state index is 6.03. The van der Waals surface area contributed by atoms with Gasteiger partial charge in [0, 0.05) is 18.5 Å². The zero-order valence-corrected chi connectivity index (χ0v) is 8.24. The summed E-state index contributed by atoms with van der Waals surface area (Å²) < 4.78 is 0. The molecule has 0 aromatic carbocycles. The molecule has 74 valence electrons. The Hall–Kier alpha value is -0.860. The molecule has 2 bridgehead atoms. The highest BCUT2D eigenvalue weighted by Crippen LogP contribution is 2.53. The van der Waals surface area contributed by atoms with Crippen molar-refractivity contribution >= 4 is 0 Å². The second-order valence-electron chi connectivity index (χ2n) is 4.53. The molecule has 0 aliphatic heterocycles. The van der Waals surface area contributed by atoms with Crippen molar-refractivity contribution in [2.45, 2.75) is 18.9 Å².